The fourth-order valence-electron chi connectivity index (χ4n) is 3.96. The van der Waals surface area contributed by atoms with Crippen LogP contribution in [0.5, 0.6) is 0 Å². The van der Waals surface area contributed by atoms with Crippen LogP contribution in [0.15, 0.2) is 83.4 Å². The third-order valence-corrected chi connectivity index (χ3v) is 7.57. The first-order valence-corrected chi connectivity index (χ1v) is 12.9. The summed E-state index contributed by atoms with van der Waals surface area (Å²) >= 11 is 7.27. The molecule has 1 heterocycles. The van der Waals surface area contributed by atoms with Gasteiger partial charge in [-0.2, -0.15) is 5.26 Å². The minimum Gasteiger partial charge on any atom is -0.321 e. The van der Waals surface area contributed by atoms with Gasteiger partial charge in [0.2, 0.25) is 5.91 Å². The highest BCUT2D eigenvalue weighted by atomic mass is 35.5. The van der Waals surface area contributed by atoms with Gasteiger partial charge in [-0.15, -0.1) is 0 Å². The first-order chi connectivity index (χ1) is 17.3. The number of anilines is 2. The zero-order valence-electron chi connectivity index (χ0n) is 20.3. The van der Waals surface area contributed by atoms with Gasteiger partial charge >= 0.3 is 0 Å². The van der Waals surface area contributed by atoms with Crippen molar-refractivity contribution in [1.29, 1.82) is 5.26 Å². The van der Waals surface area contributed by atoms with Gasteiger partial charge < -0.3 is 5.32 Å². The molecule has 1 N–H and O–H groups in total. The Balaban J connectivity index is 1.73. The maximum Gasteiger partial charge on any atom is 0.269 e. The highest BCUT2D eigenvalue weighted by molar-refractivity contribution is 8.05. The van der Waals surface area contributed by atoms with Crippen LogP contribution in [0, 0.1) is 18.3 Å². The summed E-state index contributed by atoms with van der Waals surface area (Å²) in [6.07, 6.45) is 0.447. The van der Waals surface area contributed by atoms with E-state index in [0.29, 0.717) is 33.8 Å². The summed E-state index contributed by atoms with van der Waals surface area (Å²) in [4.78, 5) is 28.4. The van der Waals surface area contributed by atoms with Gasteiger partial charge in [-0.05, 0) is 66.3 Å². The minimum atomic E-state index is -0.543. The fraction of sp³-hybridized carbons (Fsp3) is 0.207. The smallest absolute Gasteiger partial charge is 0.269 e. The number of nitrogens with zero attached hydrogens (tertiary/aromatic N) is 2. The molecule has 1 atom stereocenters. The van der Waals surface area contributed by atoms with Crippen LogP contribution in [-0.4, -0.2) is 17.1 Å². The Hall–Kier alpha value is -3.53. The van der Waals surface area contributed by atoms with Gasteiger partial charge in [0.25, 0.3) is 5.91 Å². The number of rotatable bonds is 6. The SMILES string of the molecule is Cc1ccccc1NC(=O)/C(C#N)=C1\SC(Cc2ccc(Cl)cc2)C(=O)N1c1ccc(C(C)C)cc1. The van der Waals surface area contributed by atoms with Gasteiger partial charge in [-0.3, -0.25) is 14.5 Å². The monoisotopic (exact) mass is 515 g/mol. The minimum absolute atomic E-state index is 0.0943. The summed E-state index contributed by atoms with van der Waals surface area (Å²) in [6.45, 7) is 6.08. The molecule has 0 aromatic heterocycles. The standard InChI is InChI=1S/C29H26ClN3O2S/c1-18(2)21-10-14-23(15-11-21)33-28(35)26(16-20-8-12-22(30)13-9-20)36-29(33)24(17-31)27(34)32-25-7-5-4-6-19(25)3/h4-15,18,26H,16H2,1-3H3,(H,32,34)/b29-24-. The van der Waals surface area contributed by atoms with Gasteiger partial charge in [-0.25, -0.2) is 0 Å². The van der Waals surface area contributed by atoms with Crippen LogP contribution in [0.2, 0.25) is 5.02 Å². The molecule has 0 bridgehead atoms. The number of hydrogen-bond acceptors (Lipinski definition) is 4. The van der Waals surface area contributed by atoms with E-state index in [4.69, 9.17) is 11.6 Å². The molecular weight excluding hydrogens is 490 g/mol. The van der Waals surface area contributed by atoms with Crippen LogP contribution in [0.25, 0.3) is 0 Å². The molecule has 1 unspecified atom stereocenters. The van der Waals surface area contributed by atoms with Crippen LogP contribution in [0.3, 0.4) is 0 Å². The molecule has 36 heavy (non-hydrogen) atoms. The maximum atomic E-state index is 13.7. The van der Waals surface area contributed by atoms with E-state index in [2.05, 4.69) is 25.2 Å². The summed E-state index contributed by atoms with van der Waals surface area (Å²) in [5, 5.41) is 13.4. The molecule has 5 nitrogen and oxygen atoms in total. The maximum absolute atomic E-state index is 13.7. The summed E-state index contributed by atoms with van der Waals surface area (Å²) < 4.78 is 0. The molecule has 3 aromatic rings. The van der Waals surface area contributed by atoms with Crippen LogP contribution in [-0.2, 0) is 16.0 Å². The second-order valence-corrected chi connectivity index (χ2v) is 10.5. The molecule has 0 spiro atoms. The number of hydrogen-bond donors (Lipinski definition) is 1. The van der Waals surface area contributed by atoms with E-state index in [-0.39, 0.29) is 11.5 Å². The molecular formula is C29H26ClN3O2S. The van der Waals surface area contributed by atoms with Crippen molar-refractivity contribution in [3.05, 3.63) is 105 Å². The van der Waals surface area contributed by atoms with Crippen molar-refractivity contribution in [2.45, 2.75) is 38.4 Å². The van der Waals surface area contributed by atoms with E-state index < -0.39 is 11.2 Å². The number of para-hydroxylation sites is 1. The molecule has 1 aliphatic heterocycles. The third-order valence-electron chi connectivity index (χ3n) is 6.05. The number of carbonyl (C=O) groups is 2. The molecule has 7 heteroatoms. The lowest BCUT2D eigenvalue weighted by Crippen LogP contribution is -2.31. The van der Waals surface area contributed by atoms with E-state index in [1.165, 1.54) is 16.7 Å². The van der Waals surface area contributed by atoms with Crippen molar-refractivity contribution in [3.8, 4) is 6.07 Å². The summed E-state index contributed by atoms with van der Waals surface area (Å²) in [5.41, 5.74) is 4.12. The molecule has 3 aromatic carbocycles. The topological polar surface area (TPSA) is 73.2 Å². The Morgan fingerprint density at radius 1 is 1.08 bits per heavy atom. The number of nitrogens with one attached hydrogen (secondary N) is 1. The second kappa shape index (κ2) is 11.0. The average molecular weight is 516 g/mol. The molecule has 182 valence electrons. The quantitative estimate of drug-likeness (QED) is 0.288. The normalized spacial score (nSPS) is 16.7. The van der Waals surface area contributed by atoms with E-state index in [1.54, 1.807) is 18.2 Å². The summed E-state index contributed by atoms with van der Waals surface area (Å²) in [5.74, 6) is -0.373. The summed E-state index contributed by atoms with van der Waals surface area (Å²) in [7, 11) is 0. The van der Waals surface area contributed by atoms with Gasteiger partial charge in [0.1, 0.15) is 16.7 Å². The highest BCUT2D eigenvalue weighted by Crippen LogP contribution is 2.42. The Labute approximate surface area is 220 Å². The Kier molecular flexibility index (Phi) is 7.83. The number of aryl methyl sites for hydroxylation is 1. The molecule has 1 saturated heterocycles. The van der Waals surface area contributed by atoms with E-state index in [0.717, 1.165) is 16.7 Å². The Bertz CT molecular complexity index is 1360. The van der Waals surface area contributed by atoms with Gasteiger partial charge in [0, 0.05) is 16.4 Å². The number of amides is 2. The lowest BCUT2D eigenvalue weighted by atomic mass is 10.0. The van der Waals surface area contributed by atoms with Crippen molar-refractivity contribution in [2.24, 2.45) is 0 Å². The van der Waals surface area contributed by atoms with Crippen LogP contribution >= 0.6 is 23.4 Å². The van der Waals surface area contributed by atoms with E-state index >= 15 is 0 Å². The van der Waals surface area contributed by atoms with Gasteiger partial charge in [0.05, 0.1) is 5.25 Å². The zero-order chi connectivity index (χ0) is 25.8. The molecule has 2 amide bonds. The molecule has 4 rings (SSSR count). The molecule has 0 radical (unpaired) electrons. The zero-order valence-corrected chi connectivity index (χ0v) is 21.9. The predicted molar refractivity (Wildman–Crippen MR) is 147 cm³/mol. The first-order valence-electron chi connectivity index (χ1n) is 11.6. The average Bonchev–Trinajstić information content (AvgIpc) is 3.17. The fourth-order valence-corrected chi connectivity index (χ4v) is 5.40. The van der Waals surface area contributed by atoms with Gasteiger partial charge in [-0.1, -0.05) is 79.7 Å². The van der Waals surface area contributed by atoms with Crippen molar-refractivity contribution in [2.75, 3.05) is 10.2 Å². The van der Waals surface area contributed by atoms with Crippen LogP contribution in [0.1, 0.15) is 36.5 Å². The van der Waals surface area contributed by atoms with E-state index in [1.807, 2.05) is 61.5 Å². The predicted octanol–water partition coefficient (Wildman–Crippen LogP) is 6.84. The molecule has 0 saturated carbocycles. The number of carbonyl (C=O) groups excluding carboxylic acids is 2. The lowest BCUT2D eigenvalue weighted by Gasteiger charge is -2.19. The highest BCUT2D eigenvalue weighted by Gasteiger charge is 2.40. The van der Waals surface area contributed by atoms with Crippen molar-refractivity contribution < 1.29 is 9.59 Å². The first kappa shape index (κ1) is 25.6. The van der Waals surface area contributed by atoms with Crippen molar-refractivity contribution >= 4 is 46.6 Å². The molecule has 0 aliphatic carbocycles. The number of thioether (sulfide) groups is 1. The Morgan fingerprint density at radius 2 is 1.75 bits per heavy atom. The van der Waals surface area contributed by atoms with Crippen LogP contribution < -0.4 is 10.2 Å². The van der Waals surface area contributed by atoms with Crippen LogP contribution in [0.4, 0.5) is 11.4 Å². The van der Waals surface area contributed by atoms with Gasteiger partial charge in [0.15, 0.2) is 0 Å². The van der Waals surface area contributed by atoms with Crippen molar-refractivity contribution in [3.63, 3.8) is 0 Å². The molecule has 1 fully saturated rings. The number of nitriles is 1. The van der Waals surface area contributed by atoms with E-state index in [9.17, 15) is 14.9 Å². The number of benzene rings is 3. The lowest BCUT2D eigenvalue weighted by molar-refractivity contribution is -0.117. The second-order valence-electron chi connectivity index (χ2n) is 8.92. The summed E-state index contributed by atoms with van der Waals surface area (Å²) in [6, 6.07) is 24.5. The third kappa shape index (κ3) is 5.48. The largest absolute Gasteiger partial charge is 0.321 e. The Morgan fingerprint density at radius 3 is 2.36 bits per heavy atom. The van der Waals surface area contributed by atoms with Crippen molar-refractivity contribution in [1.82, 2.24) is 0 Å². The molecule has 1 aliphatic rings. The number of halogens is 1.